The molecule has 6 nitrogen and oxygen atoms in total. The number of likely N-dealkylation sites (tertiary alicyclic amines) is 1. The molecule has 2 aromatic rings. The van der Waals surface area contributed by atoms with E-state index in [0.717, 1.165) is 5.56 Å². The summed E-state index contributed by atoms with van der Waals surface area (Å²) in [5.41, 5.74) is 1.87. The third kappa shape index (κ3) is 4.07. The number of urea groups is 1. The Morgan fingerprint density at radius 2 is 1.58 bits per heavy atom. The Morgan fingerprint density at radius 3 is 2.16 bits per heavy atom. The van der Waals surface area contributed by atoms with Gasteiger partial charge in [-0.3, -0.25) is 14.5 Å². The van der Waals surface area contributed by atoms with Crippen molar-refractivity contribution in [1.29, 1.82) is 0 Å². The van der Waals surface area contributed by atoms with Gasteiger partial charge in [0.15, 0.2) is 0 Å². The molecule has 2 aromatic carbocycles. The van der Waals surface area contributed by atoms with E-state index in [1.165, 1.54) is 10.5 Å². The van der Waals surface area contributed by atoms with Crippen molar-refractivity contribution in [3.63, 3.8) is 0 Å². The van der Waals surface area contributed by atoms with E-state index in [9.17, 15) is 14.4 Å². The highest BCUT2D eigenvalue weighted by Gasteiger charge is 2.52. The second-order valence-electron chi connectivity index (χ2n) is 9.51. The monoisotopic (exact) mass is 419 g/mol. The van der Waals surface area contributed by atoms with Crippen LogP contribution < -0.4 is 5.32 Å². The zero-order valence-electron chi connectivity index (χ0n) is 18.4. The van der Waals surface area contributed by atoms with Gasteiger partial charge in [-0.1, -0.05) is 63.2 Å². The first-order valence-electron chi connectivity index (χ1n) is 10.8. The molecular formula is C25H29N3O3. The minimum absolute atomic E-state index is 0.0335. The molecule has 1 N–H and O–H groups in total. The van der Waals surface area contributed by atoms with Crippen molar-refractivity contribution in [3.05, 3.63) is 71.3 Å². The summed E-state index contributed by atoms with van der Waals surface area (Å²) >= 11 is 0. The van der Waals surface area contributed by atoms with Gasteiger partial charge in [0.1, 0.15) is 5.54 Å². The van der Waals surface area contributed by atoms with Crippen molar-refractivity contribution in [3.8, 4) is 0 Å². The molecule has 0 unspecified atom stereocenters. The summed E-state index contributed by atoms with van der Waals surface area (Å²) in [7, 11) is 0. The van der Waals surface area contributed by atoms with Gasteiger partial charge in [0.05, 0.1) is 6.54 Å². The second kappa shape index (κ2) is 7.84. The van der Waals surface area contributed by atoms with E-state index in [-0.39, 0.29) is 29.8 Å². The number of nitrogens with zero attached hydrogens (tertiary/aromatic N) is 2. The number of carbonyl (C=O) groups excluding carboxylic acids is 3. The van der Waals surface area contributed by atoms with Crippen LogP contribution >= 0.6 is 0 Å². The van der Waals surface area contributed by atoms with Crippen LogP contribution in [-0.2, 0) is 16.8 Å². The molecule has 2 fully saturated rings. The molecule has 162 valence electrons. The van der Waals surface area contributed by atoms with Crippen LogP contribution in [0.15, 0.2) is 54.6 Å². The summed E-state index contributed by atoms with van der Waals surface area (Å²) in [6, 6.07) is 16.9. The Morgan fingerprint density at radius 1 is 0.968 bits per heavy atom. The van der Waals surface area contributed by atoms with Crippen LogP contribution in [0.2, 0.25) is 0 Å². The van der Waals surface area contributed by atoms with E-state index in [1.54, 1.807) is 4.90 Å². The van der Waals surface area contributed by atoms with Gasteiger partial charge in [-0.05, 0) is 41.5 Å². The maximum Gasteiger partial charge on any atom is 0.325 e. The molecule has 4 amide bonds. The number of piperidine rings is 1. The zero-order valence-corrected chi connectivity index (χ0v) is 18.4. The molecular weight excluding hydrogens is 390 g/mol. The van der Waals surface area contributed by atoms with Gasteiger partial charge in [-0.15, -0.1) is 0 Å². The number of imide groups is 1. The normalized spacial score (nSPS) is 18.4. The third-order valence-electron chi connectivity index (χ3n) is 6.33. The molecule has 0 atom stereocenters. The highest BCUT2D eigenvalue weighted by atomic mass is 16.2. The molecule has 2 heterocycles. The smallest absolute Gasteiger partial charge is 0.325 e. The van der Waals surface area contributed by atoms with Gasteiger partial charge in [0.25, 0.3) is 11.8 Å². The van der Waals surface area contributed by atoms with Gasteiger partial charge >= 0.3 is 6.03 Å². The van der Waals surface area contributed by atoms with Crippen molar-refractivity contribution >= 4 is 17.8 Å². The number of hydrogen-bond acceptors (Lipinski definition) is 3. The van der Waals surface area contributed by atoms with Crippen LogP contribution in [0.1, 0.15) is 55.1 Å². The van der Waals surface area contributed by atoms with Crippen molar-refractivity contribution in [2.75, 3.05) is 13.1 Å². The van der Waals surface area contributed by atoms with Crippen LogP contribution in [0.3, 0.4) is 0 Å². The Labute approximate surface area is 183 Å². The summed E-state index contributed by atoms with van der Waals surface area (Å²) in [6.45, 7) is 7.55. The Kier molecular flexibility index (Phi) is 5.33. The number of rotatable bonds is 3. The van der Waals surface area contributed by atoms with E-state index in [0.29, 0.717) is 31.5 Å². The summed E-state index contributed by atoms with van der Waals surface area (Å²) in [5, 5.41) is 2.91. The van der Waals surface area contributed by atoms with E-state index in [1.807, 2.05) is 54.6 Å². The van der Waals surface area contributed by atoms with Gasteiger partial charge in [0, 0.05) is 18.7 Å². The lowest BCUT2D eigenvalue weighted by Crippen LogP contribution is -2.55. The maximum absolute atomic E-state index is 13.1. The first-order chi connectivity index (χ1) is 14.7. The topological polar surface area (TPSA) is 69.7 Å². The van der Waals surface area contributed by atoms with Crippen LogP contribution in [0.4, 0.5) is 4.79 Å². The van der Waals surface area contributed by atoms with Crippen molar-refractivity contribution in [2.24, 2.45) is 0 Å². The first-order valence-corrected chi connectivity index (χ1v) is 10.8. The zero-order chi connectivity index (χ0) is 22.2. The molecule has 6 heteroatoms. The summed E-state index contributed by atoms with van der Waals surface area (Å²) in [6.07, 6.45) is 0.851. The largest absolute Gasteiger partial charge is 0.338 e. The van der Waals surface area contributed by atoms with Crippen molar-refractivity contribution in [2.45, 2.75) is 51.1 Å². The van der Waals surface area contributed by atoms with Crippen LogP contribution in [-0.4, -0.2) is 46.3 Å². The molecule has 2 aliphatic rings. The Bertz CT molecular complexity index is 985. The average Bonchev–Trinajstić information content (AvgIpc) is 2.98. The second-order valence-corrected chi connectivity index (χ2v) is 9.51. The van der Waals surface area contributed by atoms with Gasteiger partial charge in [-0.2, -0.15) is 0 Å². The highest BCUT2D eigenvalue weighted by Crippen LogP contribution is 2.31. The van der Waals surface area contributed by atoms with E-state index >= 15 is 0 Å². The minimum Gasteiger partial charge on any atom is -0.338 e. The quantitative estimate of drug-likeness (QED) is 0.771. The predicted molar refractivity (Wildman–Crippen MR) is 119 cm³/mol. The standard InChI is InChI=1S/C25H29N3O3/c1-24(2,3)20-11-9-19(10-12-20)21(29)27-15-13-25(14-16-27)22(30)28(23(31)26-25)17-18-7-5-4-6-8-18/h4-12H,13-17H2,1-3H3,(H,26,31). The van der Waals surface area contributed by atoms with Crippen molar-refractivity contribution < 1.29 is 14.4 Å². The molecule has 0 aliphatic carbocycles. The maximum atomic E-state index is 13.1. The average molecular weight is 420 g/mol. The summed E-state index contributed by atoms with van der Waals surface area (Å²) in [5.74, 6) is -0.226. The molecule has 2 saturated heterocycles. The SMILES string of the molecule is CC(C)(C)c1ccc(C(=O)N2CCC3(CC2)NC(=O)N(Cc2ccccc2)C3=O)cc1. The van der Waals surface area contributed by atoms with Gasteiger partial charge in [0.2, 0.25) is 0 Å². The highest BCUT2D eigenvalue weighted by molar-refractivity contribution is 6.07. The molecule has 2 aliphatic heterocycles. The summed E-state index contributed by atoms with van der Waals surface area (Å²) < 4.78 is 0. The minimum atomic E-state index is -0.904. The number of hydrogen-bond donors (Lipinski definition) is 1. The Hall–Kier alpha value is -3.15. The van der Waals surface area contributed by atoms with E-state index in [4.69, 9.17) is 0 Å². The number of amides is 4. The fraction of sp³-hybridized carbons (Fsp3) is 0.400. The first kappa shape index (κ1) is 21.1. The molecule has 0 saturated carbocycles. The lowest BCUT2D eigenvalue weighted by atomic mass is 9.86. The molecule has 4 rings (SSSR count). The molecule has 1 spiro atoms. The van der Waals surface area contributed by atoms with Crippen LogP contribution in [0.25, 0.3) is 0 Å². The Balaban J connectivity index is 1.41. The number of carbonyl (C=O) groups is 3. The van der Waals surface area contributed by atoms with E-state index in [2.05, 4.69) is 26.1 Å². The molecule has 0 radical (unpaired) electrons. The van der Waals surface area contributed by atoms with Crippen molar-refractivity contribution in [1.82, 2.24) is 15.1 Å². The number of benzene rings is 2. The van der Waals surface area contributed by atoms with Gasteiger partial charge in [-0.25, -0.2) is 4.79 Å². The lowest BCUT2D eigenvalue weighted by Gasteiger charge is -2.37. The third-order valence-corrected chi connectivity index (χ3v) is 6.33. The molecule has 31 heavy (non-hydrogen) atoms. The predicted octanol–water partition coefficient (Wildman–Crippen LogP) is 3.71. The van der Waals surface area contributed by atoms with Crippen LogP contribution in [0.5, 0.6) is 0 Å². The lowest BCUT2D eigenvalue weighted by molar-refractivity contribution is -0.133. The fourth-order valence-corrected chi connectivity index (χ4v) is 4.31. The fourth-order valence-electron chi connectivity index (χ4n) is 4.31. The number of nitrogens with one attached hydrogen (secondary N) is 1. The van der Waals surface area contributed by atoms with E-state index < -0.39 is 5.54 Å². The van der Waals surface area contributed by atoms with Gasteiger partial charge < -0.3 is 10.2 Å². The van der Waals surface area contributed by atoms with Crippen LogP contribution in [0, 0.1) is 0 Å². The molecule has 0 bridgehead atoms. The molecule has 0 aromatic heterocycles. The summed E-state index contributed by atoms with van der Waals surface area (Å²) in [4.78, 5) is 41.7.